The van der Waals surface area contributed by atoms with E-state index in [1.165, 1.54) is 6.33 Å². The molecule has 0 bridgehead atoms. The summed E-state index contributed by atoms with van der Waals surface area (Å²) in [5.74, 6) is 0.569. The van der Waals surface area contributed by atoms with E-state index in [1.807, 2.05) is 0 Å². The van der Waals surface area contributed by atoms with Crippen LogP contribution in [0.4, 0.5) is 0 Å². The molecule has 4 nitrogen and oxygen atoms in total. The number of methoxy groups -OCH3 is 1. The largest absolute Gasteiger partial charge is 0.496 e. The molecule has 1 aromatic heterocycles. The maximum absolute atomic E-state index is 12.2. The van der Waals surface area contributed by atoms with Gasteiger partial charge in [0.05, 0.1) is 34.4 Å². The number of ether oxygens (including phenoxy) is 1. The number of hydrogen-bond acceptors (Lipinski definition) is 3. The third-order valence-corrected chi connectivity index (χ3v) is 3.94. The van der Waals surface area contributed by atoms with Gasteiger partial charge >= 0.3 is 0 Å². The predicted molar refractivity (Wildman–Crippen MR) is 84.4 cm³/mol. The molecule has 0 spiro atoms. The van der Waals surface area contributed by atoms with Gasteiger partial charge in [0.15, 0.2) is 0 Å². The van der Waals surface area contributed by atoms with Crippen LogP contribution in [-0.2, 0) is 0 Å². The van der Waals surface area contributed by atoms with Gasteiger partial charge in [-0.2, -0.15) is 0 Å². The van der Waals surface area contributed by atoms with Crippen LogP contribution in [0.1, 0.15) is 0 Å². The van der Waals surface area contributed by atoms with E-state index in [0.717, 1.165) is 5.56 Å². The normalized spacial score (nSPS) is 10.8. The Kier molecular flexibility index (Phi) is 3.57. The summed E-state index contributed by atoms with van der Waals surface area (Å²) in [7, 11) is 1.55. The van der Waals surface area contributed by atoms with Crippen molar-refractivity contribution in [1.29, 1.82) is 0 Å². The predicted octanol–water partition coefficient (Wildman–Crippen LogP) is 3.91. The summed E-state index contributed by atoms with van der Waals surface area (Å²) in [5.41, 5.74) is 1.73. The molecule has 1 heterocycles. The molecule has 1 N–H and O–H groups in total. The van der Waals surface area contributed by atoms with Gasteiger partial charge in [0.1, 0.15) is 5.75 Å². The average molecular weight is 321 g/mol. The summed E-state index contributed by atoms with van der Waals surface area (Å²) in [6.45, 7) is 0. The SMILES string of the molecule is COc1ccc2nc[nH]c(=O)c2c1-c1ccc(Cl)c(Cl)c1. The lowest BCUT2D eigenvalue weighted by atomic mass is 10.00. The van der Waals surface area contributed by atoms with Gasteiger partial charge in [-0.3, -0.25) is 4.79 Å². The van der Waals surface area contributed by atoms with Crippen LogP contribution < -0.4 is 10.3 Å². The van der Waals surface area contributed by atoms with Crippen molar-refractivity contribution in [2.75, 3.05) is 7.11 Å². The van der Waals surface area contributed by atoms with Crippen LogP contribution in [0, 0.1) is 0 Å². The number of benzene rings is 2. The first kappa shape index (κ1) is 13.9. The monoisotopic (exact) mass is 320 g/mol. The smallest absolute Gasteiger partial charge is 0.259 e. The molecule has 0 atom stereocenters. The van der Waals surface area contributed by atoms with Crippen molar-refractivity contribution >= 4 is 34.1 Å². The van der Waals surface area contributed by atoms with Crippen molar-refractivity contribution in [2.24, 2.45) is 0 Å². The van der Waals surface area contributed by atoms with Crippen LogP contribution in [0.25, 0.3) is 22.0 Å². The van der Waals surface area contributed by atoms with E-state index in [2.05, 4.69) is 9.97 Å². The Morgan fingerprint density at radius 3 is 2.67 bits per heavy atom. The first-order chi connectivity index (χ1) is 10.1. The van der Waals surface area contributed by atoms with Gasteiger partial charge in [-0.1, -0.05) is 29.3 Å². The second-order valence-corrected chi connectivity index (χ2v) is 5.21. The minimum Gasteiger partial charge on any atom is -0.496 e. The lowest BCUT2D eigenvalue weighted by Crippen LogP contribution is -2.08. The van der Waals surface area contributed by atoms with Crippen molar-refractivity contribution in [3.05, 3.63) is 57.1 Å². The molecule has 0 unspecified atom stereocenters. The maximum atomic E-state index is 12.2. The Hall–Kier alpha value is -2.04. The van der Waals surface area contributed by atoms with Gasteiger partial charge in [0, 0.05) is 5.56 Å². The van der Waals surface area contributed by atoms with E-state index in [1.54, 1.807) is 37.4 Å². The minimum absolute atomic E-state index is 0.236. The second kappa shape index (κ2) is 5.39. The Morgan fingerprint density at radius 2 is 1.95 bits per heavy atom. The number of aromatic amines is 1. The molecule has 0 fully saturated rings. The number of nitrogens with zero attached hydrogens (tertiary/aromatic N) is 1. The molecule has 3 aromatic rings. The zero-order chi connectivity index (χ0) is 15.0. The number of fused-ring (bicyclic) bond motifs is 1. The summed E-state index contributed by atoms with van der Waals surface area (Å²) in [4.78, 5) is 18.9. The minimum atomic E-state index is -0.236. The standard InChI is InChI=1S/C15H10Cl2N2O2/c1-21-12-5-4-11-14(15(20)19-7-18-11)13(12)8-2-3-9(16)10(17)6-8/h2-7H,1H3,(H,18,19,20). The first-order valence-corrected chi connectivity index (χ1v) is 6.87. The molecule has 2 aromatic carbocycles. The molecule has 0 saturated heterocycles. The van der Waals surface area contributed by atoms with Crippen molar-refractivity contribution in [3.63, 3.8) is 0 Å². The maximum Gasteiger partial charge on any atom is 0.259 e. The van der Waals surface area contributed by atoms with Gasteiger partial charge < -0.3 is 9.72 Å². The van der Waals surface area contributed by atoms with Crippen LogP contribution >= 0.6 is 23.2 Å². The highest BCUT2D eigenvalue weighted by Crippen LogP contribution is 2.37. The van der Waals surface area contributed by atoms with E-state index in [0.29, 0.717) is 32.3 Å². The molecule has 0 saturated carbocycles. The Morgan fingerprint density at radius 1 is 1.14 bits per heavy atom. The summed E-state index contributed by atoms with van der Waals surface area (Å²) < 4.78 is 5.38. The summed E-state index contributed by atoms with van der Waals surface area (Å²) >= 11 is 12.0. The fourth-order valence-electron chi connectivity index (χ4n) is 2.25. The molecular weight excluding hydrogens is 311 g/mol. The lowest BCUT2D eigenvalue weighted by molar-refractivity contribution is 0.417. The second-order valence-electron chi connectivity index (χ2n) is 4.40. The number of halogens is 2. The Bertz CT molecular complexity index is 890. The van der Waals surface area contributed by atoms with Crippen LogP contribution in [0.3, 0.4) is 0 Å². The van der Waals surface area contributed by atoms with Crippen molar-refractivity contribution in [3.8, 4) is 16.9 Å². The Labute approximate surface area is 130 Å². The van der Waals surface area contributed by atoms with Gasteiger partial charge in [-0.15, -0.1) is 0 Å². The highest BCUT2D eigenvalue weighted by molar-refractivity contribution is 6.42. The quantitative estimate of drug-likeness (QED) is 0.779. The van der Waals surface area contributed by atoms with Gasteiger partial charge in [0.2, 0.25) is 0 Å². The molecule has 21 heavy (non-hydrogen) atoms. The van der Waals surface area contributed by atoms with Crippen LogP contribution in [0.5, 0.6) is 5.75 Å². The van der Waals surface area contributed by atoms with E-state index < -0.39 is 0 Å². The fraction of sp³-hybridized carbons (Fsp3) is 0.0667. The zero-order valence-electron chi connectivity index (χ0n) is 11.0. The van der Waals surface area contributed by atoms with Gasteiger partial charge in [-0.05, 0) is 29.8 Å². The van der Waals surface area contributed by atoms with E-state index >= 15 is 0 Å². The molecular formula is C15H10Cl2N2O2. The van der Waals surface area contributed by atoms with Crippen LogP contribution in [0.15, 0.2) is 41.5 Å². The molecule has 0 amide bonds. The van der Waals surface area contributed by atoms with Crippen molar-refractivity contribution in [2.45, 2.75) is 0 Å². The molecule has 0 radical (unpaired) electrons. The summed E-state index contributed by atoms with van der Waals surface area (Å²) in [6.07, 6.45) is 1.37. The third kappa shape index (κ3) is 2.37. The van der Waals surface area contributed by atoms with Crippen LogP contribution in [-0.4, -0.2) is 17.1 Å². The molecule has 3 rings (SSSR count). The third-order valence-electron chi connectivity index (χ3n) is 3.20. The molecule has 6 heteroatoms. The molecule has 0 aliphatic heterocycles. The average Bonchev–Trinajstić information content (AvgIpc) is 2.49. The van der Waals surface area contributed by atoms with Gasteiger partial charge in [-0.25, -0.2) is 4.98 Å². The number of H-pyrrole nitrogens is 1. The highest BCUT2D eigenvalue weighted by atomic mass is 35.5. The lowest BCUT2D eigenvalue weighted by Gasteiger charge is -2.12. The summed E-state index contributed by atoms with van der Waals surface area (Å²) in [5, 5.41) is 1.32. The van der Waals surface area contributed by atoms with Crippen LogP contribution in [0.2, 0.25) is 10.0 Å². The van der Waals surface area contributed by atoms with E-state index in [-0.39, 0.29) is 5.56 Å². The van der Waals surface area contributed by atoms with E-state index in [9.17, 15) is 4.79 Å². The van der Waals surface area contributed by atoms with E-state index in [4.69, 9.17) is 27.9 Å². The highest BCUT2D eigenvalue weighted by Gasteiger charge is 2.15. The topological polar surface area (TPSA) is 55.0 Å². The first-order valence-electron chi connectivity index (χ1n) is 6.11. The van der Waals surface area contributed by atoms with Crippen molar-refractivity contribution < 1.29 is 4.74 Å². The number of hydrogen-bond donors (Lipinski definition) is 1. The zero-order valence-corrected chi connectivity index (χ0v) is 12.5. The summed E-state index contributed by atoms with van der Waals surface area (Å²) in [6, 6.07) is 8.69. The number of aromatic nitrogens is 2. The number of nitrogens with one attached hydrogen (secondary N) is 1. The van der Waals surface area contributed by atoms with Gasteiger partial charge in [0.25, 0.3) is 5.56 Å². The molecule has 106 valence electrons. The Balaban J connectivity index is 2.44. The number of rotatable bonds is 2. The molecule has 0 aliphatic carbocycles. The fourth-order valence-corrected chi connectivity index (χ4v) is 2.55. The molecule has 0 aliphatic rings. The van der Waals surface area contributed by atoms with Crippen molar-refractivity contribution in [1.82, 2.24) is 9.97 Å².